The third-order valence-corrected chi connectivity index (χ3v) is 2.57. The number of phenols is 1. The molecule has 0 aliphatic carbocycles. The zero-order valence-electron chi connectivity index (χ0n) is 7.70. The van der Waals surface area contributed by atoms with E-state index in [0.29, 0.717) is 10.0 Å². The number of aliphatic hydroxyl groups is 1. The van der Waals surface area contributed by atoms with Gasteiger partial charge in [0.05, 0.1) is 13.2 Å². The van der Waals surface area contributed by atoms with Crippen molar-refractivity contribution in [2.24, 2.45) is 5.73 Å². The predicted octanol–water partition coefficient (Wildman–Crippen LogP) is 1.16. The standard InChI is InChI=1S/C9H12BrNO3/c1-14-9-6(12)3-2-5(10)8(9)7(13)4-11/h2-3,7,12-13H,4,11H2,1H3. The van der Waals surface area contributed by atoms with Crippen LogP contribution in [0.1, 0.15) is 11.7 Å². The van der Waals surface area contributed by atoms with Crippen molar-refractivity contribution >= 4 is 15.9 Å². The molecule has 0 heterocycles. The van der Waals surface area contributed by atoms with Crippen LogP contribution in [0, 0.1) is 0 Å². The number of halogens is 1. The molecule has 1 atom stereocenters. The van der Waals surface area contributed by atoms with E-state index in [1.165, 1.54) is 13.2 Å². The zero-order chi connectivity index (χ0) is 10.7. The number of benzene rings is 1. The van der Waals surface area contributed by atoms with Crippen LogP contribution in [0.3, 0.4) is 0 Å². The van der Waals surface area contributed by atoms with Gasteiger partial charge in [0.25, 0.3) is 0 Å². The molecule has 0 radical (unpaired) electrons. The summed E-state index contributed by atoms with van der Waals surface area (Å²) in [5, 5.41) is 19.1. The lowest BCUT2D eigenvalue weighted by atomic mass is 10.1. The first-order chi connectivity index (χ1) is 6.61. The van der Waals surface area contributed by atoms with E-state index in [-0.39, 0.29) is 18.0 Å². The van der Waals surface area contributed by atoms with Gasteiger partial charge in [0.1, 0.15) is 0 Å². The maximum Gasteiger partial charge on any atom is 0.167 e. The largest absolute Gasteiger partial charge is 0.504 e. The lowest BCUT2D eigenvalue weighted by Crippen LogP contribution is -2.13. The van der Waals surface area contributed by atoms with Crippen LogP contribution in [0.4, 0.5) is 0 Å². The minimum absolute atomic E-state index is 0.0156. The Morgan fingerprint density at radius 1 is 1.57 bits per heavy atom. The van der Waals surface area contributed by atoms with Crippen LogP contribution in [-0.4, -0.2) is 23.9 Å². The summed E-state index contributed by atoms with van der Waals surface area (Å²) < 4.78 is 5.64. The first-order valence-corrected chi connectivity index (χ1v) is 4.84. The number of ether oxygens (including phenoxy) is 1. The summed E-state index contributed by atoms with van der Waals surface area (Å²) in [4.78, 5) is 0. The maximum absolute atomic E-state index is 9.60. The Kier molecular flexibility index (Phi) is 3.74. The summed E-state index contributed by atoms with van der Waals surface area (Å²) >= 11 is 3.26. The second-order valence-electron chi connectivity index (χ2n) is 2.76. The summed E-state index contributed by atoms with van der Waals surface area (Å²) in [7, 11) is 1.42. The van der Waals surface area contributed by atoms with Crippen molar-refractivity contribution in [3.8, 4) is 11.5 Å². The van der Waals surface area contributed by atoms with Crippen LogP contribution in [0.15, 0.2) is 16.6 Å². The van der Waals surface area contributed by atoms with Crippen molar-refractivity contribution in [3.63, 3.8) is 0 Å². The van der Waals surface area contributed by atoms with Gasteiger partial charge < -0.3 is 20.7 Å². The van der Waals surface area contributed by atoms with Crippen LogP contribution in [0.5, 0.6) is 11.5 Å². The molecule has 0 spiro atoms. The molecule has 0 amide bonds. The Labute approximate surface area is 90.4 Å². The van der Waals surface area contributed by atoms with E-state index in [4.69, 9.17) is 10.5 Å². The molecule has 0 aliphatic heterocycles. The SMILES string of the molecule is COc1c(O)ccc(Br)c1C(O)CN. The Bertz CT molecular complexity index is 330. The van der Waals surface area contributed by atoms with E-state index in [1.54, 1.807) is 6.07 Å². The summed E-state index contributed by atoms with van der Waals surface area (Å²) in [6.45, 7) is 0.0679. The quantitative estimate of drug-likeness (QED) is 0.763. The molecule has 4 nitrogen and oxygen atoms in total. The smallest absolute Gasteiger partial charge is 0.167 e. The molecule has 0 bridgehead atoms. The van der Waals surface area contributed by atoms with Crippen molar-refractivity contribution in [1.82, 2.24) is 0 Å². The second kappa shape index (κ2) is 4.63. The maximum atomic E-state index is 9.60. The summed E-state index contributed by atoms with van der Waals surface area (Å²) in [5.74, 6) is 0.232. The third kappa shape index (κ3) is 2.00. The molecule has 1 aromatic rings. The number of aromatic hydroxyl groups is 1. The Morgan fingerprint density at radius 2 is 2.21 bits per heavy atom. The fraction of sp³-hybridized carbons (Fsp3) is 0.333. The molecule has 1 unspecified atom stereocenters. The first-order valence-electron chi connectivity index (χ1n) is 4.05. The normalized spacial score (nSPS) is 12.6. The molecular weight excluding hydrogens is 250 g/mol. The average molecular weight is 262 g/mol. The van der Waals surface area contributed by atoms with E-state index in [0.717, 1.165) is 0 Å². The minimum Gasteiger partial charge on any atom is -0.504 e. The van der Waals surface area contributed by atoms with E-state index in [2.05, 4.69) is 15.9 Å². The summed E-state index contributed by atoms with van der Waals surface area (Å²) in [6, 6.07) is 3.11. The van der Waals surface area contributed by atoms with Gasteiger partial charge in [0.15, 0.2) is 11.5 Å². The summed E-state index contributed by atoms with van der Waals surface area (Å²) in [5.41, 5.74) is 5.81. The van der Waals surface area contributed by atoms with Crippen LogP contribution in [0.25, 0.3) is 0 Å². The number of aliphatic hydroxyl groups excluding tert-OH is 1. The van der Waals surface area contributed by atoms with Gasteiger partial charge >= 0.3 is 0 Å². The highest BCUT2D eigenvalue weighted by molar-refractivity contribution is 9.10. The molecule has 0 fully saturated rings. The molecule has 1 aromatic carbocycles. The van der Waals surface area contributed by atoms with Gasteiger partial charge in [-0.05, 0) is 12.1 Å². The number of hydrogen-bond acceptors (Lipinski definition) is 4. The number of methoxy groups -OCH3 is 1. The van der Waals surface area contributed by atoms with Crippen LogP contribution in [0.2, 0.25) is 0 Å². The first kappa shape index (κ1) is 11.3. The summed E-state index contributed by atoms with van der Waals surface area (Å²) in [6.07, 6.45) is -0.855. The van der Waals surface area contributed by atoms with Crippen LogP contribution < -0.4 is 10.5 Å². The van der Waals surface area contributed by atoms with E-state index >= 15 is 0 Å². The fourth-order valence-electron chi connectivity index (χ4n) is 1.21. The lowest BCUT2D eigenvalue weighted by molar-refractivity contribution is 0.180. The molecule has 0 saturated heterocycles. The number of rotatable bonds is 3. The zero-order valence-corrected chi connectivity index (χ0v) is 9.28. The molecule has 1 rings (SSSR count). The van der Waals surface area contributed by atoms with Crippen LogP contribution in [-0.2, 0) is 0 Å². The Morgan fingerprint density at radius 3 is 2.71 bits per heavy atom. The van der Waals surface area contributed by atoms with Crippen molar-refractivity contribution in [2.75, 3.05) is 13.7 Å². The molecule has 5 heteroatoms. The Balaban J connectivity index is 3.29. The van der Waals surface area contributed by atoms with Gasteiger partial charge in [-0.1, -0.05) is 15.9 Å². The molecule has 78 valence electrons. The second-order valence-corrected chi connectivity index (χ2v) is 3.62. The highest BCUT2D eigenvalue weighted by Crippen LogP contribution is 2.38. The minimum atomic E-state index is -0.855. The van der Waals surface area contributed by atoms with Crippen LogP contribution >= 0.6 is 15.9 Å². The predicted molar refractivity (Wildman–Crippen MR) is 56.4 cm³/mol. The number of phenolic OH excluding ortho intramolecular Hbond substituents is 1. The molecule has 0 saturated carbocycles. The lowest BCUT2D eigenvalue weighted by Gasteiger charge is -2.15. The Hall–Kier alpha value is -0.780. The molecule has 0 aromatic heterocycles. The highest BCUT2D eigenvalue weighted by Gasteiger charge is 2.18. The number of nitrogens with two attached hydrogens (primary N) is 1. The number of hydrogen-bond donors (Lipinski definition) is 3. The van der Waals surface area contributed by atoms with E-state index in [1.807, 2.05) is 0 Å². The fourth-order valence-corrected chi connectivity index (χ4v) is 1.78. The van der Waals surface area contributed by atoms with Gasteiger partial charge in [0.2, 0.25) is 0 Å². The average Bonchev–Trinajstić information content (AvgIpc) is 2.19. The van der Waals surface area contributed by atoms with Crippen molar-refractivity contribution in [2.45, 2.75) is 6.10 Å². The van der Waals surface area contributed by atoms with E-state index < -0.39 is 6.10 Å². The molecular formula is C9H12BrNO3. The highest BCUT2D eigenvalue weighted by atomic mass is 79.9. The van der Waals surface area contributed by atoms with Gasteiger partial charge in [0, 0.05) is 16.6 Å². The van der Waals surface area contributed by atoms with E-state index in [9.17, 15) is 10.2 Å². The molecule has 14 heavy (non-hydrogen) atoms. The van der Waals surface area contributed by atoms with Crippen molar-refractivity contribution in [1.29, 1.82) is 0 Å². The van der Waals surface area contributed by atoms with Crippen molar-refractivity contribution in [3.05, 3.63) is 22.2 Å². The van der Waals surface area contributed by atoms with Gasteiger partial charge in [-0.25, -0.2) is 0 Å². The van der Waals surface area contributed by atoms with Gasteiger partial charge in [-0.15, -0.1) is 0 Å². The third-order valence-electron chi connectivity index (χ3n) is 1.88. The molecule has 4 N–H and O–H groups in total. The monoisotopic (exact) mass is 261 g/mol. The van der Waals surface area contributed by atoms with Gasteiger partial charge in [-0.3, -0.25) is 0 Å². The topological polar surface area (TPSA) is 75.7 Å². The molecule has 0 aliphatic rings. The van der Waals surface area contributed by atoms with Gasteiger partial charge in [-0.2, -0.15) is 0 Å². The van der Waals surface area contributed by atoms with Crippen molar-refractivity contribution < 1.29 is 14.9 Å².